The number of aliphatic hydroxyl groups is 1. The fourth-order valence-electron chi connectivity index (χ4n) is 1.73. The standard InChI is InChI=1S/C12H17ClN2O3/c1-9(2)14(6-7-16)8-10-11(13)4-3-5-12(10)15(17)18/h3-5,9,16H,6-8H2,1-2H3. The van der Waals surface area contributed by atoms with Crippen LogP contribution in [0, 0.1) is 10.1 Å². The molecule has 1 aromatic rings. The molecule has 1 N–H and O–H groups in total. The van der Waals surface area contributed by atoms with Crippen LogP contribution in [0.1, 0.15) is 19.4 Å². The first-order valence-electron chi connectivity index (χ1n) is 5.74. The summed E-state index contributed by atoms with van der Waals surface area (Å²) in [7, 11) is 0. The van der Waals surface area contributed by atoms with Crippen molar-refractivity contribution >= 4 is 17.3 Å². The molecule has 0 fully saturated rings. The van der Waals surface area contributed by atoms with E-state index < -0.39 is 4.92 Å². The van der Waals surface area contributed by atoms with E-state index in [4.69, 9.17) is 16.7 Å². The summed E-state index contributed by atoms with van der Waals surface area (Å²) in [5.41, 5.74) is 0.511. The van der Waals surface area contributed by atoms with Gasteiger partial charge in [0.25, 0.3) is 5.69 Å². The molecule has 1 aromatic carbocycles. The van der Waals surface area contributed by atoms with E-state index in [1.54, 1.807) is 12.1 Å². The minimum atomic E-state index is -0.432. The summed E-state index contributed by atoms with van der Waals surface area (Å²) < 4.78 is 0. The van der Waals surface area contributed by atoms with Gasteiger partial charge in [0, 0.05) is 25.2 Å². The van der Waals surface area contributed by atoms with Gasteiger partial charge in [0.15, 0.2) is 0 Å². The van der Waals surface area contributed by atoms with Crippen LogP contribution < -0.4 is 0 Å². The molecule has 0 unspecified atom stereocenters. The molecule has 0 aliphatic heterocycles. The van der Waals surface area contributed by atoms with Crippen LogP contribution in [-0.2, 0) is 6.54 Å². The molecule has 0 radical (unpaired) electrons. The molecule has 18 heavy (non-hydrogen) atoms. The van der Waals surface area contributed by atoms with E-state index in [1.165, 1.54) is 6.07 Å². The van der Waals surface area contributed by atoms with Crippen molar-refractivity contribution < 1.29 is 10.0 Å². The van der Waals surface area contributed by atoms with Crippen LogP contribution in [0.5, 0.6) is 0 Å². The van der Waals surface area contributed by atoms with Crippen LogP contribution in [0.15, 0.2) is 18.2 Å². The Hall–Kier alpha value is -1.17. The van der Waals surface area contributed by atoms with Crippen molar-refractivity contribution in [3.63, 3.8) is 0 Å². The van der Waals surface area contributed by atoms with Crippen molar-refractivity contribution in [3.05, 3.63) is 38.9 Å². The molecule has 100 valence electrons. The number of nitro groups is 1. The third-order valence-corrected chi connectivity index (χ3v) is 3.12. The average Bonchev–Trinajstić information content (AvgIpc) is 2.30. The van der Waals surface area contributed by atoms with Gasteiger partial charge in [0.2, 0.25) is 0 Å². The van der Waals surface area contributed by atoms with E-state index in [0.29, 0.717) is 23.7 Å². The number of aliphatic hydroxyl groups excluding tert-OH is 1. The number of halogens is 1. The molecule has 5 nitrogen and oxygen atoms in total. The quantitative estimate of drug-likeness (QED) is 0.638. The number of benzene rings is 1. The highest BCUT2D eigenvalue weighted by Gasteiger charge is 2.20. The van der Waals surface area contributed by atoms with Gasteiger partial charge in [-0.1, -0.05) is 17.7 Å². The van der Waals surface area contributed by atoms with Crippen LogP contribution >= 0.6 is 11.6 Å². The van der Waals surface area contributed by atoms with Crippen molar-refractivity contribution in [3.8, 4) is 0 Å². The smallest absolute Gasteiger partial charge is 0.275 e. The van der Waals surface area contributed by atoms with Gasteiger partial charge in [-0.3, -0.25) is 15.0 Å². The normalized spacial score (nSPS) is 11.2. The van der Waals surface area contributed by atoms with Gasteiger partial charge in [-0.2, -0.15) is 0 Å². The van der Waals surface area contributed by atoms with Crippen LogP contribution in [0.4, 0.5) is 5.69 Å². The lowest BCUT2D eigenvalue weighted by Crippen LogP contribution is -2.33. The molecule has 0 heterocycles. The lowest BCUT2D eigenvalue weighted by Gasteiger charge is -2.25. The van der Waals surface area contributed by atoms with Crippen molar-refractivity contribution in [2.24, 2.45) is 0 Å². The van der Waals surface area contributed by atoms with Crippen molar-refractivity contribution in [2.75, 3.05) is 13.2 Å². The maximum absolute atomic E-state index is 11.0. The molecule has 0 saturated carbocycles. The molecule has 0 aliphatic carbocycles. The molecule has 0 spiro atoms. The van der Waals surface area contributed by atoms with Crippen molar-refractivity contribution in [2.45, 2.75) is 26.4 Å². The number of nitro benzene ring substituents is 1. The second-order valence-electron chi connectivity index (χ2n) is 4.28. The largest absolute Gasteiger partial charge is 0.395 e. The molecule has 0 aromatic heterocycles. The van der Waals surface area contributed by atoms with Crippen molar-refractivity contribution in [1.29, 1.82) is 0 Å². The minimum Gasteiger partial charge on any atom is -0.395 e. The van der Waals surface area contributed by atoms with Crippen molar-refractivity contribution in [1.82, 2.24) is 4.90 Å². The van der Waals surface area contributed by atoms with E-state index in [0.717, 1.165) is 0 Å². The van der Waals surface area contributed by atoms with Crippen LogP contribution in [0.2, 0.25) is 5.02 Å². The van der Waals surface area contributed by atoms with E-state index in [2.05, 4.69) is 0 Å². The Morgan fingerprint density at radius 3 is 2.67 bits per heavy atom. The second kappa shape index (κ2) is 6.68. The summed E-state index contributed by atoms with van der Waals surface area (Å²) in [6.07, 6.45) is 0. The van der Waals surface area contributed by atoms with E-state index in [1.807, 2.05) is 18.7 Å². The average molecular weight is 273 g/mol. The van der Waals surface area contributed by atoms with E-state index >= 15 is 0 Å². The number of hydrogen-bond donors (Lipinski definition) is 1. The van der Waals surface area contributed by atoms with Crippen LogP contribution in [0.3, 0.4) is 0 Å². The zero-order valence-electron chi connectivity index (χ0n) is 10.5. The Morgan fingerprint density at radius 1 is 1.50 bits per heavy atom. The molecular formula is C12H17ClN2O3. The summed E-state index contributed by atoms with van der Waals surface area (Å²) in [6, 6.07) is 4.82. The summed E-state index contributed by atoms with van der Waals surface area (Å²) >= 11 is 6.03. The molecule has 0 bridgehead atoms. The fourth-order valence-corrected chi connectivity index (χ4v) is 1.96. The number of hydrogen-bond acceptors (Lipinski definition) is 4. The van der Waals surface area contributed by atoms with Gasteiger partial charge >= 0.3 is 0 Å². The molecule has 0 saturated heterocycles. The topological polar surface area (TPSA) is 66.6 Å². The Bertz CT molecular complexity index is 424. The molecule has 1 rings (SSSR count). The minimum absolute atomic E-state index is 0.0103. The molecule has 0 aliphatic rings. The highest BCUT2D eigenvalue weighted by molar-refractivity contribution is 6.31. The van der Waals surface area contributed by atoms with Gasteiger partial charge in [-0.15, -0.1) is 0 Å². The Balaban J connectivity index is 3.04. The Kier molecular flexibility index (Phi) is 5.53. The Morgan fingerprint density at radius 2 is 2.17 bits per heavy atom. The van der Waals surface area contributed by atoms with Gasteiger partial charge < -0.3 is 5.11 Å². The maximum Gasteiger partial charge on any atom is 0.275 e. The first-order chi connectivity index (χ1) is 8.47. The molecule has 6 heteroatoms. The maximum atomic E-state index is 11.0. The predicted octanol–water partition coefficient (Wildman–Crippen LogP) is 2.45. The molecular weight excluding hydrogens is 256 g/mol. The van der Waals surface area contributed by atoms with Gasteiger partial charge in [0.1, 0.15) is 0 Å². The lowest BCUT2D eigenvalue weighted by atomic mass is 10.1. The highest BCUT2D eigenvalue weighted by Crippen LogP contribution is 2.27. The number of nitrogens with zero attached hydrogens (tertiary/aromatic N) is 2. The molecule has 0 amide bonds. The zero-order chi connectivity index (χ0) is 13.7. The number of rotatable bonds is 6. The third kappa shape index (κ3) is 3.66. The molecule has 0 atom stereocenters. The first kappa shape index (κ1) is 14.9. The lowest BCUT2D eigenvalue weighted by molar-refractivity contribution is -0.385. The highest BCUT2D eigenvalue weighted by atomic mass is 35.5. The van der Waals surface area contributed by atoms with E-state index in [9.17, 15) is 10.1 Å². The SMILES string of the molecule is CC(C)N(CCO)Cc1c(Cl)cccc1[N+](=O)[O-]. The first-order valence-corrected chi connectivity index (χ1v) is 6.11. The summed E-state index contributed by atoms with van der Waals surface area (Å²) in [5, 5.41) is 20.3. The summed E-state index contributed by atoms with van der Waals surface area (Å²) in [6.45, 7) is 4.77. The zero-order valence-corrected chi connectivity index (χ0v) is 11.2. The van der Waals surface area contributed by atoms with Crippen LogP contribution in [-0.4, -0.2) is 34.1 Å². The van der Waals surface area contributed by atoms with Gasteiger partial charge in [-0.05, 0) is 19.9 Å². The van der Waals surface area contributed by atoms with E-state index in [-0.39, 0.29) is 18.3 Å². The summed E-state index contributed by atoms with van der Waals surface area (Å²) in [5.74, 6) is 0. The Labute approximate surface area is 111 Å². The van der Waals surface area contributed by atoms with Gasteiger partial charge in [0.05, 0.1) is 22.1 Å². The third-order valence-electron chi connectivity index (χ3n) is 2.77. The predicted molar refractivity (Wildman–Crippen MR) is 70.7 cm³/mol. The van der Waals surface area contributed by atoms with Crippen LogP contribution in [0.25, 0.3) is 0 Å². The van der Waals surface area contributed by atoms with Gasteiger partial charge in [-0.25, -0.2) is 0 Å². The fraction of sp³-hybridized carbons (Fsp3) is 0.500. The monoisotopic (exact) mass is 272 g/mol. The second-order valence-corrected chi connectivity index (χ2v) is 4.69. The summed E-state index contributed by atoms with van der Waals surface area (Å²) in [4.78, 5) is 12.5.